The third kappa shape index (κ3) is 2.23. The Labute approximate surface area is 100 Å². The molecule has 0 aliphatic carbocycles. The number of aliphatic carboxylic acids is 1. The van der Waals surface area contributed by atoms with Crippen molar-refractivity contribution < 1.29 is 9.90 Å². The maximum absolute atomic E-state index is 10.6. The number of carbonyl (C=O) groups is 1. The van der Waals surface area contributed by atoms with Crippen LogP contribution in [0.15, 0.2) is 29.0 Å². The minimum absolute atomic E-state index is 0.231. The molecule has 0 fully saturated rings. The van der Waals surface area contributed by atoms with Gasteiger partial charge in [-0.3, -0.25) is 4.79 Å². The highest BCUT2D eigenvalue weighted by Gasteiger charge is 2.14. The summed E-state index contributed by atoms with van der Waals surface area (Å²) in [4.78, 5) is 14.9. The first kappa shape index (κ1) is 11.1. The molecule has 0 aliphatic rings. The molecule has 2 heterocycles. The summed E-state index contributed by atoms with van der Waals surface area (Å²) < 4.78 is 2.76. The number of imidazole rings is 1. The molecule has 0 unspecified atom stereocenters. The van der Waals surface area contributed by atoms with Crippen LogP contribution in [-0.4, -0.2) is 26.5 Å². The summed E-state index contributed by atoms with van der Waals surface area (Å²) in [6.45, 7) is 0. The minimum atomic E-state index is -1.02. The molecule has 1 atom stereocenters. The summed E-state index contributed by atoms with van der Waals surface area (Å²) in [7, 11) is 0. The SMILES string of the molecule is N[C@@H](Cc1cn2ccc(Br)cc2n1)C(=O)O. The number of pyridine rings is 1. The first-order valence-corrected chi connectivity index (χ1v) is 5.47. The van der Waals surface area contributed by atoms with Crippen LogP contribution in [0.2, 0.25) is 0 Å². The second kappa shape index (κ2) is 4.23. The topological polar surface area (TPSA) is 80.6 Å². The van der Waals surface area contributed by atoms with Gasteiger partial charge in [-0.05, 0) is 12.1 Å². The van der Waals surface area contributed by atoms with E-state index < -0.39 is 12.0 Å². The molecule has 0 aliphatic heterocycles. The molecule has 0 bridgehead atoms. The van der Waals surface area contributed by atoms with Crippen molar-refractivity contribution in [1.82, 2.24) is 9.38 Å². The average molecular weight is 284 g/mol. The molecule has 3 N–H and O–H groups in total. The van der Waals surface area contributed by atoms with E-state index in [9.17, 15) is 4.79 Å². The molecule has 0 spiro atoms. The molecule has 0 saturated carbocycles. The molecule has 0 amide bonds. The second-order valence-corrected chi connectivity index (χ2v) is 4.41. The molecular weight excluding hydrogens is 274 g/mol. The van der Waals surface area contributed by atoms with Gasteiger partial charge in [0.25, 0.3) is 0 Å². The van der Waals surface area contributed by atoms with Crippen molar-refractivity contribution in [3.8, 4) is 0 Å². The zero-order valence-corrected chi connectivity index (χ0v) is 9.89. The van der Waals surface area contributed by atoms with Crippen molar-refractivity contribution in [1.29, 1.82) is 0 Å². The lowest BCUT2D eigenvalue weighted by molar-refractivity contribution is -0.138. The van der Waals surface area contributed by atoms with Gasteiger partial charge in [-0.1, -0.05) is 15.9 Å². The Kier molecular flexibility index (Phi) is 2.93. The lowest BCUT2D eigenvalue weighted by Crippen LogP contribution is -2.32. The Hall–Kier alpha value is -1.40. The van der Waals surface area contributed by atoms with Crippen molar-refractivity contribution in [2.45, 2.75) is 12.5 Å². The van der Waals surface area contributed by atoms with Gasteiger partial charge in [-0.15, -0.1) is 0 Å². The molecule has 0 saturated heterocycles. The summed E-state index contributed by atoms with van der Waals surface area (Å²) in [5.41, 5.74) is 6.88. The number of rotatable bonds is 3. The van der Waals surface area contributed by atoms with Gasteiger partial charge in [0, 0.05) is 23.3 Å². The molecule has 6 heteroatoms. The maximum atomic E-state index is 10.6. The smallest absolute Gasteiger partial charge is 0.320 e. The van der Waals surface area contributed by atoms with Crippen LogP contribution in [-0.2, 0) is 11.2 Å². The van der Waals surface area contributed by atoms with Crippen molar-refractivity contribution >= 4 is 27.5 Å². The van der Waals surface area contributed by atoms with E-state index in [2.05, 4.69) is 20.9 Å². The van der Waals surface area contributed by atoms with Crippen LogP contribution < -0.4 is 5.73 Å². The van der Waals surface area contributed by atoms with Gasteiger partial charge >= 0.3 is 5.97 Å². The Morgan fingerprint density at radius 1 is 1.69 bits per heavy atom. The van der Waals surface area contributed by atoms with Gasteiger partial charge in [0.05, 0.1) is 5.69 Å². The van der Waals surface area contributed by atoms with Gasteiger partial charge < -0.3 is 15.2 Å². The fraction of sp³-hybridized carbons (Fsp3) is 0.200. The molecule has 84 valence electrons. The Bertz CT molecular complexity index is 538. The van der Waals surface area contributed by atoms with Crippen LogP contribution >= 0.6 is 15.9 Å². The van der Waals surface area contributed by atoms with Crippen LogP contribution in [0.1, 0.15) is 5.69 Å². The van der Waals surface area contributed by atoms with E-state index in [0.717, 1.165) is 10.1 Å². The normalized spacial score (nSPS) is 12.9. The number of fused-ring (bicyclic) bond motifs is 1. The molecular formula is C10H10BrN3O2. The molecule has 2 aromatic rings. The number of nitrogens with zero attached hydrogens (tertiary/aromatic N) is 2. The molecule has 2 aromatic heterocycles. The maximum Gasteiger partial charge on any atom is 0.320 e. The molecule has 0 radical (unpaired) electrons. The van der Waals surface area contributed by atoms with E-state index >= 15 is 0 Å². The zero-order chi connectivity index (χ0) is 11.7. The zero-order valence-electron chi connectivity index (χ0n) is 8.30. The van der Waals surface area contributed by atoms with Crippen molar-refractivity contribution in [2.75, 3.05) is 0 Å². The van der Waals surface area contributed by atoms with Gasteiger partial charge in [0.2, 0.25) is 0 Å². The summed E-state index contributed by atoms with van der Waals surface area (Å²) in [5, 5.41) is 8.70. The molecule has 0 aromatic carbocycles. The standard InChI is InChI=1S/C10H10BrN3O2/c11-6-1-2-14-5-7(13-9(14)3-6)4-8(12)10(15)16/h1-3,5,8H,4,12H2,(H,15,16)/t8-/m0/s1. The van der Waals surface area contributed by atoms with Crippen LogP contribution in [0.25, 0.3) is 5.65 Å². The summed E-state index contributed by atoms with van der Waals surface area (Å²) in [6.07, 6.45) is 3.86. The predicted molar refractivity (Wildman–Crippen MR) is 62.2 cm³/mol. The quantitative estimate of drug-likeness (QED) is 0.882. The van der Waals surface area contributed by atoms with E-state index in [4.69, 9.17) is 10.8 Å². The van der Waals surface area contributed by atoms with E-state index in [-0.39, 0.29) is 6.42 Å². The molecule has 16 heavy (non-hydrogen) atoms. The average Bonchev–Trinajstić information content (AvgIpc) is 2.58. The van der Waals surface area contributed by atoms with Crippen molar-refractivity contribution in [2.24, 2.45) is 5.73 Å². The first-order chi connectivity index (χ1) is 7.56. The van der Waals surface area contributed by atoms with Gasteiger partial charge in [-0.25, -0.2) is 4.98 Å². The lowest BCUT2D eigenvalue weighted by atomic mass is 10.2. The highest BCUT2D eigenvalue weighted by atomic mass is 79.9. The highest BCUT2D eigenvalue weighted by Crippen LogP contribution is 2.13. The van der Waals surface area contributed by atoms with E-state index in [1.54, 1.807) is 6.20 Å². The van der Waals surface area contributed by atoms with Crippen LogP contribution in [0, 0.1) is 0 Å². The van der Waals surface area contributed by atoms with Gasteiger partial charge in [0.15, 0.2) is 0 Å². The third-order valence-electron chi connectivity index (χ3n) is 2.22. The van der Waals surface area contributed by atoms with Gasteiger partial charge in [-0.2, -0.15) is 0 Å². The lowest BCUT2D eigenvalue weighted by Gasteiger charge is -2.01. The van der Waals surface area contributed by atoms with E-state index in [0.29, 0.717) is 5.69 Å². The van der Waals surface area contributed by atoms with E-state index in [1.807, 2.05) is 22.7 Å². The Morgan fingerprint density at radius 2 is 2.44 bits per heavy atom. The largest absolute Gasteiger partial charge is 0.480 e. The summed E-state index contributed by atoms with van der Waals surface area (Å²) in [6, 6.07) is 2.83. The fourth-order valence-corrected chi connectivity index (χ4v) is 1.74. The number of carboxylic acids is 1. The number of halogens is 1. The highest BCUT2D eigenvalue weighted by molar-refractivity contribution is 9.10. The molecule has 5 nitrogen and oxygen atoms in total. The van der Waals surface area contributed by atoms with Crippen LogP contribution in [0.5, 0.6) is 0 Å². The summed E-state index contributed by atoms with van der Waals surface area (Å²) >= 11 is 3.34. The first-order valence-electron chi connectivity index (χ1n) is 4.68. The number of carboxylic acid groups (broad SMARTS) is 1. The van der Waals surface area contributed by atoms with Crippen molar-refractivity contribution in [3.05, 3.63) is 34.7 Å². The third-order valence-corrected chi connectivity index (χ3v) is 2.71. The van der Waals surface area contributed by atoms with Gasteiger partial charge in [0.1, 0.15) is 11.7 Å². The van der Waals surface area contributed by atoms with Crippen LogP contribution in [0.4, 0.5) is 0 Å². The minimum Gasteiger partial charge on any atom is -0.480 e. The fourth-order valence-electron chi connectivity index (χ4n) is 1.42. The number of aromatic nitrogens is 2. The monoisotopic (exact) mass is 283 g/mol. The predicted octanol–water partition coefficient (Wildman–Crippen LogP) is 1.05. The molecule has 2 rings (SSSR count). The Balaban J connectivity index is 2.29. The summed E-state index contributed by atoms with van der Waals surface area (Å²) in [5.74, 6) is -1.02. The van der Waals surface area contributed by atoms with Crippen LogP contribution in [0.3, 0.4) is 0 Å². The Morgan fingerprint density at radius 3 is 3.12 bits per heavy atom. The van der Waals surface area contributed by atoms with E-state index in [1.165, 1.54) is 0 Å². The number of hydrogen-bond acceptors (Lipinski definition) is 3. The number of hydrogen-bond donors (Lipinski definition) is 2. The van der Waals surface area contributed by atoms with Crippen molar-refractivity contribution in [3.63, 3.8) is 0 Å². The second-order valence-electron chi connectivity index (χ2n) is 3.49. The number of nitrogens with two attached hydrogens (primary N) is 1.